The molecule has 152 valence electrons. The van der Waals surface area contributed by atoms with E-state index in [1.54, 1.807) is 7.11 Å². The molecule has 4 rings (SSSR count). The third kappa shape index (κ3) is 4.54. The average Bonchev–Trinajstić information content (AvgIpc) is 3.07. The second-order valence-electron chi connectivity index (χ2n) is 7.27. The summed E-state index contributed by atoms with van der Waals surface area (Å²) in [5, 5.41) is 7.39. The number of nitrogens with one attached hydrogen (secondary N) is 3. The fourth-order valence-electron chi connectivity index (χ4n) is 3.81. The molecule has 1 aliphatic rings. The number of hydrogen-bond acceptors (Lipinski definition) is 4. The van der Waals surface area contributed by atoms with Crippen LogP contribution in [0.15, 0.2) is 42.5 Å². The van der Waals surface area contributed by atoms with Gasteiger partial charge in [-0.05, 0) is 48.7 Å². The highest BCUT2D eigenvalue weighted by molar-refractivity contribution is 5.85. The van der Waals surface area contributed by atoms with Crippen LogP contribution in [-0.4, -0.2) is 44.2 Å². The summed E-state index contributed by atoms with van der Waals surface area (Å²) in [5.74, 6) is 1.51. The standard InChI is InChI=1S/C23H27N3O3/c1-28-21-8-7-16-13-20-18(17-5-2-3-6-19(17)26-20)9-11-25-23(27)15-24-10-4-12-29-22(21)14-16/h2-3,5-8,14,24,26H,4,9-13,15H2,1H3,(H,25,27). The Labute approximate surface area is 170 Å². The maximum atomic E-state index is 12.1. The maximum absolute atomic E-state index is 12.1. The lowest BCUT2D eigenvalue weighted by molar-refractivity contribution is -0.120. The van der Waals surface area contributed by atoms with Crippen LogP contribution >= 0.6 is 0 Å². The highest BCUT2D eigenvalue weighted by Gasteiger charge is 2.14. The Morgan fingerprint density at radius 3 is 2.90 bits per heavy atom. The van der Waals surface area contributed by atoms with E-state index in [2.05, 4.69) is 45.9 Å². The number of ether oxygens (including phenoxy) is 2. The zero-order valence-electron chi connectivity index (χ0n) is 16.7. The maximum Gasteiger partial charge on any atom is 0.233 e. The van der Waals surface area contributed by atoms with E-state index in [1.807, 2.05) is 12.1 Å². The minimum atomic E-state index is 0.0197. The molecule has 0 spiro atoms. The molecule has 0 fully saturated rings. The van der Waals surface area contributed by atoms with E-state index in [9.17, 15) is 4.79 Å². The van der Waals surface area contributed by atoms with E-state index >= 15 is 0 Å². The van der Waals surface area contributed by atoms with Gasteiger partial charge in [-0.3, -0.25) is 4.79 Å². The van der Waals surface area contributed by atoms with Crippen molar-refractivity contribution in [2.24, 2.45) is 0 Å². The second kappa shape index (κ2) is 9.01. The molecule has 0 unspecified atom stereocenters. The molecule has 6 heteroatoms. The number of fused-ring (bicyclic) bond motifs is 5. The van der Waals surface area contributed by atoms with Gasteiger partial charge in [-0.15, -0.1) is 0 Å². The summed E-state index contributed by atoms with van der Waals surface area (Å²) in [7, 11) is 1.66. The van der Waals surface area contributed by atoms with Crippen molar-refractivity contribution in [1.82, 2.24) is 15.6 Å². The third-order valence-corrected chi connectivity index (χ3v) is 5.25. The molecular weight excluding hydrogens is 366 g/mol. The van der Waals surface area contributed by atoms with Crippen molar-refractivity contribution >= 4 is 16.8 Å². The van der Waals surface area contributed by atoms with Crippen LogP contribution < -0.4 is 20.1 Å². The molecule has 0 aliphatic carbocycles. The van der Waals surface area contributed by atoms with Gasteiger partial charge in [0.2, 0.25) is 5.91 Å². The molecule has 1 aromatic heterocycles. The molecule has 0 atom stereocenters. The monoisotopic (exact) mass is 393 g/mol. The number of methoxy groups -OCH3 is 1. The fourth-order valence-corrected chi connectivity index (χ4v) is 3.81. The molecule has 2 aromatic carbocycles. The van der Waals surface area contributed by atoms with Gasteiger partial charge in [-0.25, -0.2) is 0 Å². The van der Waals surface area contributed by atoms with Crippen LogP contribution in [0.4, 0.5) is 0 Å². The summed E-state index contributed by atoms with van der Waals surface area (Å²) in [6.07, 6.45) is 2.36. The van der Waals surface area contributed by atoms with E-state index in [1.165, 1.54) is 16.6 Å². The third-order valence-electron chi connectivity index (χ3n) is 5.25. The van der Waals surface area contributed by atoms with Crippen molar-refractivity contribution in [3.8, 4) is 11.5 Å². The number of hydrogen-bond donors (Lipinski definition) is 3. The quantitative estimate of drug-likeness (QED) is 0.594. The normalized spacial score (nSPS) is 16.0. The number of para-hydroxylation sites is 1. The average molecular weight is 393 g/mol. The first kappa shape index (κ1) is 19.3. The summed E-state index contributed by atoms with van der Waals surface area (Å²) in [5.41, 5.74) is 4.69. The Bertz CT molecular complexity index is 996. The number of carbonyl (C=O) groups is 1. The summed E-state index contributed by atoms with van der Waals surface area (Å²) in [6.45, 7) is 2.22. The molecule has 1 amide bonds. The van der Waals surface area contributed by atoms with Crippen LogP contribution in [0.1, 0.15) is 23.2 Å². The second-order valence-corrected chi connectivity index (χ2v) is 7.27. The van der Waals surface area contributed by atoms with Crippen molar-refractivity contribution in [2.75, 3.05) is 33.4 Å². The van der Waals surface area contributed by atoms with Crippen LogP contribution in [0.3, 0.4) is 0 Å². The molecule has 2 bridgehead atoms. The molecule has 29 heavy (non-hydrogen) atoms. The van der Waals surface area contributed by atoms with Gasteiger partial charge in [-0.2, -0.15) is 0 Å². The zero-order valence-corrected chi connectivity index (χ0v) is 16.7. The molecule has 0 saturated heterocycles. The van der Waals surface area contributed by atoms with Crippen LogP contribution in [-0.2, 0) is 17.6 Å². The van der Waals surface area contributed by atoms with Gasteiger partial charge in [0.15, 0.2) is 11.5 Å². The summed E-state index contributed by atoms with van der Waals surface area (Å²) >= 11 is 0. The van der Waals surface area contributed by atoms with Crippen LogP contribution in [0.25, 0.3) is 10.9 Å². The SMILES string of the molecule is COc1ccc2cc1OCCCNCC(=O)NCCc1c([nH]c3ccccc13)C2. The number of benzene rings is 2. The summed E-state index contributed by atoms with van der Waals surface area (Å²) in [6, 6.07) is 14.4. The van der Waals surface area contributed by atoms with Crippen molar-refractivity contribution in [3.63, 3.8) is 0 Å². The van der Waals surface area contributed by atoms with Crippen molar-refractivity contribution < 1.29 is 14.3 Å². The predicted octanol–water partition coefficient (Wildman–Crippen LogP) is 2.80. The number of amides is 1. The highest BCUT2D eigenvalue weighted by atomic mass is 16.5. The van der Waals surface area contributed by atoms with Gasteiger partial charge in [0.1, 0.15) is 0 Å². The van der Waals surface area contributed by atoms with E-state index in [4.69, 9.17) is 9.47 Å². The molecule has 3 aromatic rings. The number of carbonyl (C=O) groups excluding carboxylic acids is 1. The number of aromatic nitrogens is 1. The number of rotatable bonds is 1. The van der Waals surface area contributed by atoms with Gasteiger partial charge in [-0.1, -0.05) is 24.3 Å². The minimum Gasteiger partial charge on any atom is -0.493 e. The van der Waals surface area contributed by atoms with Gasteiger partial charge < -0.3 is 25.1 Å². The topological polar surface area (TPSA) is 75.4 Å². The van der Waals surface area contributed by atoms with Crippen molar-refractivity contribution in [1.29, 1.82) is 0 Å². The van der Waals surface area contributed by atoms with Gasteiger partial charge >= 0.3 is 0 Å². The molecule has 0 saturated carbocycles. The Kier molecular flexibility index (Phi) is 6.00. The number of aromatic amines is 1. The fraction of sp³-hybridized carbons (Fsp3) is 0.348. The lowest BCUT2D eigenvalue weighted by atomic mass is 10.0. The van der Waals surface area contributed by atoms with Gasteiger partial charge in [0.25, 0.3) is 0 Å². The smallest absolute Gasteiger partial charge is 0.233 e. The highest BCUT2D eigenvalue weighted by Crippen LogP contribution is 2.31. The lowest BCUT2D eigenvalue weighted by Crippen LogP contribution is -2.35. The Hall–Kier alpha value is -2.99. The first-order valence-corrected chi connectivity index (χ1v) is 10.1. The van der Waals surface area contributed by atoms with Gasteiger partial charge in [0.05, 0.1) is 20.3 Å². The van der Waals surface area contributed by atoms with E-state index in [-0.39, 0.29) is 5.91 Å². The molecule has 0 radical (unpaired) electrons. The Morgan fingerprint density at radius 1 is 1.10 bits per heavy atom. The zero-order chi connectivity index (χ0) is 20.1. The van der Waals surface area contributed by atoms with E-state index in [0.29, 0.717) is 19.7 Å². The van der Waals surface area contributed by atoms with E-state index < -0.39 is 0 Å². The number of H-pyrrole nitrogens is 1. The van der Waals surface area contributed by atoms with Gasteiger partial charge in [0, 0.05) is 29.6 Å². The minimum absolute atomic E-state index is 0.0197. The Morgan fingerprint density at radius 2 is 2.00 bits per heavy atom. The first-order valence-electron chi connectivity index (χ1n) is 10.1. The molecule has 1 aliphatic heterocycles. The summed E-state index contributed by atoms with van der Waals surface area (Å²) < 4.78 is 11.4. The largest absolute Gasteiger partial charge is 0.493 e. The first-order chi connectivity index (χ1) is 14.2. The lowest BCUT2D eigenvalue weighted by Gasteiger charge is -2.14. The van der Waals surface area contributed by atoms with Crippen molar-refractivity contribution in [2.45, 2.75) is 19.3 Å². The molecule has 3 N–H and O–H groups in total. The van der Waals surface area contributed by atoms with Crippen LogP contribution in [0, 0.1) is 0 Å². The van der Waals surface area contributed by atoms with Crippen LogP contribution in [0.2, 0.25) is 0 Å². The van der Waals surface area contributed by atoms with E-state index in [0.717, 1.165) is 48.4 Å². The van der Waals surface area contributed by atoms with Crippen molar-refractivity contribution in [3.05, 3.63) is 59.3 Å². The molecular formula is C23H27N3O3. The van der Waals surface area contributed by atoms with Crippen LogP contribution in [0.5, 0.6) is 11.5 Å². The summed E-state index contributed by atoms with van der Waals surface area (Å²) in [4.78, 5) is 15.6. The predicted molar refractivity (Wildman–Crippen MR) is 114 cm³/mol. The Balaban J connectivity index is 1.69. The molecule has 2 heterocycles. The molecule has 6 nitrogen and oxygen atoms in total.